The Morgan fingerprint density at radius 1 is 1.32 bits per heavy atom. The lowest BCUT2D eigenvalue weighted by molar-refractivity contribution is 0.111. The van der Waals surface area contributed by atoms with Crippen molar-refractivity contribution in [3.63, 3.8) is 0 Å². The van der Waals surface area contributed by atoms with Gasteiger partial charge in [0.2, 0.25) is 6.79 Å². The van der Waals surface area contributed by atoms with Gasteiger partial charge in [0, 0.05) is 11.8 Å². The standard InChI is InChI=1S/C12H14O6S/c1-2-19(14,15)4-3-16-10-6-12-11(17-8-18-12)5-9(10)7-13/h5-7H,2-4,8H2,1H3. The van der Waals surface area contributed by atoms with Gasteiger partial charge in [0.1, 0.15) is 12.4 Å². The molecule has 1 aromatic rings. The molecule has 2 rings (SSSR count). The van der Waals surface area contributed by atoms with Crippen LogP contribution in [0.4, 0.5) is 0 Å². The molecule has 0 bridgehead atoms. The monoisotopic (exact) mass is 286 g/mol. The average molecular weight is 286 g/mol. The fourth-order valence-corrected chi connectivity index (χ4v) is 2.21. The molecule has 0 aliphatic carbocycles. The number of fused-ring (bicyclic) bond motifs is 1. The lowest BCUT2D eigenvalue weighted by Crippen LogP contribution is -2.16. The second kappa shape index (κ2) is 5.48. The molecule has 104 valence electrons. The SMILES string of the molecule is CCS(=O)(=O)CCOc1cc2c(cc1C=O)OCO2. The second-order valence-corrected chi connectivity index (χ2v) is 6.42. The number of carbonyl (C=O) groups is 1. The van der Waals surface area contributed by atoms with Crippen LogP contribution < -0.4 is 14.2 Å². The minimum Gasteiger partial charge on any atom is -0.492 e. The van der Waals surface area contributed by atoms with E-state index in [-0.39, 0.29) is 24.9 Å². The molecule has 19 heavy (non-hydrogen) atoms. The molecule has 0 radical (unpaired) electrons. The van der Waals surface area contributed by atoms with Crippen molar-refractivity contribution in [1.82, 2.24) is 0 Å². The third-order valence-electron chi connectivity index (χ3n) is 2.72. The van der Waals surface area contributed by atoms with E-state index in [1.807, 2.05) is 0 Å². The maximum Gasteiger partial charge on any atom is 0.231 e. The van der Waals surface area contributed by atoms with Crippen molar-refractivity contribution >= 4 is 16.1 Å². The van der Waals surface area contributed by atoms with Gasteiger partial charge in [0.25, 0.3) is 0 Å². The number of benzene rings is 1. The lowest BCUT2D eigenvalue weighted by atomic mass is 10.2. The third-order valence-corrected chi connectivity index (χ3v) is 4.39. The first-order valence-electron chi connectivity index (χ1n) is 5.78. The molecular weight excluding hydrogens is 272 g/mol. The van der Waals surface area contributed by atoms with E-state index in [1.54, 1.807) is 6.92 Å². The Labute approximate surface area is 111 Å². The maximum absolute atomic E-state index is 11.3. The molecule has 0 atom stereocenters. The quantitative estimate of drug-likeness (QED) is 0.727. The minimum atomic E-state index is -3.09. The highest BCUT2D eigenvalue weighted by molar-refractivity contribution is 7.91. The first kappa shape index (κ1) is 13.7. The van der Waals surface area contributed by atoms with E-state index in [0.29, 0.717) is 29.1 Å². The van der Waals surface area contributed by atoms with Crippen molar-refractivity contribution in [3.05, 3.63) is 17.7 Å². The predicted molar refractivity (Wildman–Crippen MR) is 67.8 cm³/mol. The van der Waals surface area contributed by atoms with Crippen LogP contribution in [0.15, 0.2) is 12.1 Å². The Balaban J connectivity index is 2.10. The van der Waals surface area contributed by atoms with Crippen LogP contribution >= 0.6 is 0 Å². The molecule has 0 amide bonds. The molecular formula is C12H14O6S. The zero-order chi connectivity index (χ0) is 13.9. The van der Waals surface area contributed by atoms with Crippen LogP contribution in [0.5, 0.6) is 17.2 Å². The summed E-state index contributed by atoms with van der Waals surface area (Å²) in [5.41, 5.74) is 0.304. The average Bonchev–Trinajstić information content (AvgIpc) is 2.84. The number of hydrogen-bond donors (Lipinski definition) is 0. The fraction of sp³-hybridized carbons (Fsp3) is 0.417. The molecule has 1 aromatic carbocycles. The van der Waals surface area contributed by atoms with Gasteiger partial charge in [0.15, 0.2) is 27.6 Å². The van der Waals surface area contributed by atoms with Gasteiger partial charge in [-0.1, -0.05) is 6.92 Å². The van der Waals surface area contributed by atoms with Gasteiger partial charge in [-0.15, -0.1) is 0 Å². The zero-order valence-corrected chi connectivity index (χ0v) is 11.2. The molecule has 0 spiro atoms. The van der Waals surface area contributed by atoms with Crippen LogP contribution in [0.3, 0.4) is 0 Å². The van der Waals surface area contributed by atoms with Gasteiger partial charge in [-0.25, -0.2) is 8.42 Å². The Bertz CT molecular complexity index is 578. The van der Waals surface area contributed by atoms with E-state index >= 15 is 0 Å². The number of rotatable bonds is 6. The highest BCUT2D eigenvalue weighted by Crippen LogP contribution is 2.37. The molecule has 6 nitrogen and oxygen atoms in total. The highest BCUT2D eigenvalue weighted by atomic mass is 32.2. The summed E-state index contributed by atoms with van der Waals surface area (Å²) in [7, 11) is -3.09. The molecule has 0 aromatic heterocycles. The van der Waals surface area contributed by atoms with Gasteiger partial charge in [-0.05, 0) is 6.07 Å². The number of carbonyl (C=O) groups excluding carboxylic acids is 1. The summed E-state index contributed by atoms with van der Waals surface area (Å²) >= 11 is 0. The Morgan fingerprint density at radius 2 is 2.00 bits per heavy atom. The van der Waals surface area contributed by atoms with Gasteiger partial charge in [-0.2, -0.15) is 0 Å². The molecule has 0 N–H and O–H groups in total. The van der Waals surface area contributed by atoms with Crippen molar-refractivity contribution in [2.75, 3.05) is 24.9 Å². The van der Waals surface area contributed by atoms with Gasteiger partial charge >= 0.3 is 0 Å². The molecule has 7 heteroatoms. The summed E-state index contributed by atoms with van der Waals surface area (Å²) in [6.07, 6.45) is 0.631. The highest BCUT2D eigenvalue weighted by Gasteiger charge is 2.18. The van der Waals surface area contributed by atoms with E-state index in [1.165, 1.54) is 12.1 Å². The normalized spacial score (nSPS) is 13.3. The lowest BCUT2D eigenvalue weighted by Gasteiger charge is -2.09. The summed E-state index contributed by atoms with van der Waals surface area (Å²) in [6.45, 7) is 1.67. The van der Waals surface area contributed by atoms with Crippen molar-refractivity contribution in [2.24, 2.45) is 0 Å². The van der Waals surface area contributed by atoms with Crippen molar-refractivity contribution in [1.29, 1.82) is 0 Å². The van der Waals surface area contributed by atoms with E-state index in [0.717, 1.165) is 0 Å². The van der Waals surface area contributed by atoms with Crippen LogP contribution in [-0.2, 0) is 9.84 Å². The predicted octanol–water partition coefficient (Wildman–Crippen LogP) is 1.04. The molecule has 0 fully saturated rings. The minimum absolute atomic E-state index is 0.00332. The van der Waals surface area contributed by atoms with E-state index < -0.39 is 9.84 Å². The summed E-state index contributed by atoms with van der Waals surface area (Å²) < 4.78 is 38.3. The maximum atomic E-state index is 11.3. The summed E-state index contributed by atoms with van der Waals surface area (Å²) in [4.78, 5) is 10.9. The van der Waals surface area contributed by atoms with Gasteiger partial charge in [-0.3, -0.25) is 4.79 Å². The molecule has 1 aliphatic heterocycles. The zero-order valence-electron chi connectivity index (χ0n) is 10.4. The molecule has 0 unspecified atom stereocenters. The Kier molecular flexibility index (Phi) is 3.94. The fourth-order valence-electron chi connectivity index (χ4n) is 1.58. The number of hydrogen-bond acceptors (Lipinski definition) is 6. The van der Waals surface area contributed by atoms with E-state index in [4.69, 9.17) is 14.2 Å². The summed E-state index contributed by atoms with van der Waals surface area (Å²) in [5, 5.41) is 0. The molecule has 1 heterocycles. The van der Waals surface area contributed by atoms with Crippen LogP contribution in [0, 0.1) is 0 Å². The Hall–Kier alpha value is -1.76. The van der Waals surface area contributed by atoms with Crippen LogP contribution in [-0.4, -0.2) is 39.6 Å². The Morgan fingerprint density at radius 3 is 2.63 bits per heavy atom. The summed E-state index contributed by atoms with van der Waals surface area (Å²) in [6, 6.07) is 3.05. The van der Waals surface area contributed by atoms with Gasteiger partial charge in [0.05, 0.1) is 11.3 Å². The summed E-state index contributed by atoms with van der Waals surface area (Å²) in [5.74, 6) is 1.24. The van der Waals surface area contributed by atoms with E-state index in [9.17, 15) is 13.2 Å². The van der Waals surface area contributed by atoms with Crippen molar-refractivity contribution < 1.29 is 27.4 Å². The largest absolute Gasteiger partial charge is 0.492 e. The van der Waals surface area contributed by atoms with Crippen molar-refractivity contribution in [2.45, 2.75) is 6.92 Å². The topological polar surface area (TPSA) is 78.9 Å². The van der Waals surface area contributed by atoms with Crippen molar-refractivity contribution in [3.8, 4) is 17.2 Å². The first-order chi connectivity index (χ1) is 9.05. The second-order valence-electron chi connectivity index (χ2n) is 3.95. The number of ether oxygens (including phenoxy) is 3. The number of aldehydes is 1. The first-order valence-corrected chi connectivity index (χ1v) is 7.60. The third kappa shape index (κ3) is 3.17. The molecule has 0 saturated carbocycles. The smallest absolute Gasteiger partial charge is 0.231 e. The van der Waals surface area contributed by atoms with Crippen LogP contribution in [0.25, 0.3) is 0 Å². The van der Waals surface area contributed by atoms with Crippen LogP contribution in [0.2, 0.25) is 0 Å². The van der Waals surface area contributed by atoms with Crippen LogP contribution in [0.1, 0.15) is 17.3 Å². The number of sulfone groups is 1. The van der Waals surface area contributed by atoms with E-state index in [2.05, 4.69) is 0 Å². The molecule has 0 saturated heterocycles. The molecule has 1 aliphatic rings. The van der Waals surface area contributed by atoms with Gasteiger partial charge < -0.3 is 14.2 Å².